The van der Waals surface area contributed by atoms with Crippen molar-refractivity contribution in [2.24, 2.45) is 12.8 Å². The number of primary amides is 1. The zero-order valence-electron chi connectivity index (χ0n) is 17.8. The predicted octanol–water partition coefficient (Wildman–Crippen LogP) is 2.15. The number of benzene rings is 2. The summed E-state index contributed by atoms with van der Waals surface area (Å²) in [5.74, 6) is -0.645. The van der Waals surface area contributed by atoms with Gasteiger partial charge >= 0.3 is 5.69 Å². The summed E-state index contributed by atoms with van der Waals surface area (Å²) in [5.41, 5.74) is 4.92. The lowest BCUT2D eigenvalue weighted by molar-refractivity contribution is -0.118. The fraction of sp³-hybridized carbons (Fsp3) is 0.130. The van der Waals surface area contributed by atoms with Crippen LogP contribution in [-0.4, -0.2) is 19.6 Å². The topological polar surface area (TPSA) is 121 Å². The molecule has 3 N–H and O–H groups in total. The number of nitrogens with zero attached hydrogens (tertiary/aromatic N) is 3. The third-order valence-corrected chi connectivity index (χ3v) is 5.86. The molecule has 0 unspecified atom stereocenters. The van der Waals surface area contributed by atoms with Crippen molar-refractivity contribution in [1.29, 1.82) is 0 Å². The fourth-order valence-electron chi connectivity index (χ4n) is 3.77. The van der Waals surface area contributed by atoms with Crippen molar-refractivity contribution in [3.8, 4) is 5.69 Å². The molecular formula is C23H20BrN5O4. The lowest BCUT2D eigenvalue weighted by atomic mass is 10.1. The van der Waals surface area contributed by atoms with Crippen LogP contribution >= 0.6 is 15.9 Å². The number of hydrogen-bond acceptors (Lipinski definition) is 5. The van der Waals surface area contributed by atoms with Crippen molar-refractivity contribution >= 4 is 44.2 Å². The van der Waals surface area contributed by atoms with E-state index in [0.29, 0.717) is 11.4 Å². The molecule has 0 fully saturated rings. The first-order valence-electron chi connectivity index (χ1n) is 9.96. The summed E-state index contributed by atoms with van der Waals surface area (Å²) in [5, 5.41) is 3.21. The molecule has 2 heterocycles. The van der Waals surface area contributed by atoms with Gasteiger partial charge in [0.25, 0.3) is 11.1 Å². The number of nitrogens with two attached hydrogens (primary N) is 1. The Morgan fingerprint density at radius 2 is 1.64 bits per heavy atom. The molecule has 33 heavy (non-hydrogen) atoms. The van der Waals surface area contributed by atoms with E-state index in [1.54, 1.807) is 49.4 Å². The summed E-state index contributed by atoms with van der Waals surface area (Å²) >= 11 is 3.38. The molecule has 0 radical (unpaired) electrons. The number of rotatable bonds is 5. The van der Waals surface area contributed by atoms with E-state index in [1.165, 1.54) is 16.2 Å². The number of para-hydroxylation sites is 1. The zero-order chi connectivity index (χ0) is 23.9. The average molecular weight is 510 g/mol. The van der Waals surface area contributed by atoms with Gasteiger partial charge in [-0.05, 0) is 43.3 Å². The molecule has 2 aromatic carbocycles. The van der Waals surface area contributed by atoms with E-state index in [9.17, 15) is 19.2 Å². The van der Waals surface area contributed by atoms with Gasteiger partial charge in [0.2, 0.25) is 5.91 Å². The van der Waals surface area contributed by atoms with E-state index >= 15 is 0 Å². The molecule has 0 saturated heterocycles. The van der Waals surface area contributed by atoms with E-state index in [0.717, 1.165) is 9.04 Å². The number of amides is 1. The van der Waals surface area contributed by atoms with Crippen LogP contribution in [-0.2, 0) is 18.4 Å². The maximum Gasteiger partial charge on any atom is 0.336 e. The first kappa shape index (κ1) is 22.3. The number of aromatic nitrogens is 3. The van der Waals surface area contributed by atoms with Gasteiger partial charge in [-0.25, -0.2) is 9.36 Å². The number of fused-ring (bicyclic) bond motifs is 1. The summed E-state index contributed by atoms with van der Waals surface area (Å²) in [6.45, 7) is 0.963. The molecule has 0 bridgehead atoms. The minimum absolute atomic E-state index is 0.0854. The largest absolute Gasteiger partial charge is 0.368 e. The van der Waals surface area contributed by atoms with E-state index in [4.69, 9.17) is 5.73 Å². The Morgan fingerprint density at radius 3 is 2.24 bits per heavy atom. The quantitative estimate of drug-likeness (QED) is 0.426. The van der Waals surface area contributed by atoms with Crippen LogP contribution in [0.1, 0.15) is 5.56 Å². The van der Waals surface area contributed by atoms with Crippen LogP contribution in [0.5, 0.6) is 0 Å². The monoisotopic (exact) mass is 509 g/mol. The van der Waals surface area contributed by atoms with Crippen LogP contribution in [0.3, 0.4) is 0 Å². The maximum absolute atomic E-state index is 13.5. The maximum atomic E-state index is 13.5. The molecular weight excluding hydrogens is 490 g/mol. The number of carbonyl (C=O) groups excluding carboxylic acids is 1. The van der Waals surface area contributed by atoms with Crippen molar-refractivity contribution in [2.45, 2.75) is 13.5 Å². The van der Waals surface area contributed by atoms with Crippen LogP contribution in [0.25, 0.3) is 16.6 Å². The number of nitrogens with one attached hydrogen (secondary N) is 1. The number of halogens is 1. The van der Waals surface area contributed by atoms with Crippen molar-refractivity contribution in [3.63, 3.8) is 0 Å². The van der Waals surface area contributed by atoms with Gasteiger partial charge in [0.15, 0.2) is 0 Å². The lowest BCUT2D eigenvalue weighted by Crippen LogP contribution is -2.44. The van der Waals surface area contributed by atoms with Gasteiger partial charge in [-0.2, -0.15) is 0 Å². The molecule has 2 aromatic heterocycles. The van der Waals surface area contributed by atoms with Crippen LogP contribution in [0.15, 0.2) is 73.5 Å². The van der Waals surface area contributed by atoms with Crippen LogP contribution in [0.2, 0.25) is 0 Å². The van der Waals surface area contributed by atoms with Crippen LogP contribution in [0.4, 0.5) is 11.5 Å². The first-order chi connectivity index (χ1) is 15.7. The van der Waals surface area contributed by atoms with Crippen LogP contribution < -0.4 is 27.9 Å². The Labute approximate surface area is 195 Å². The Kier molecular flexibility index (Phi) is 5.77. The minimum Gasteiger partial charge on any atom is -0.368 e. The van der Waals surface area contributed by atoms with Gasteiger partial charge < -0.3 is 11.1 Å². The molecule has 9 nitrogen and oxygen atoms in total. The van der Waals surface area contributed by atoms with E-state index in [2.05, 4.69) is 21.2 Å². The summed E-state index contributed by atoms with van der Waals surface area (Å²) in [6.07, 6.45) is 0. The van der Waals surface area contributed by atoms with Gasteiger partial charge in [0, 0.05) is 22.8 Å². The van der Waals surface area contributed by atoms with E-state index in [1.807, 2.05) is 12.1 Å². The Balaban J connectivity index is 2.20. The van der Waals surface area contributed by atoms with Gasteiger partial charge in [-0.15, -0.1) is 0 Å². The second-order valence-corrected chi connectivity index (χ2v) is 8.42. The predicted molar refractivity (Wildman–Crippen MR) is 130 cm³/mol. The van der Waals surface area contributed by atoms with E-state index < -0.39 is 23.7 Å². The van der Waals surface area contributed by atoms with Crippen molar-refractivity contribution < 1.29 is 4.79 Å². The zero-order valence-corrected chi connectivity index (χ0v) is 19.4. The first-order valence-corrected chi connectivity index (χ1v) is 10.8. The highest BCUT2D eigenvalue weighted by molar-refractivity contribution is 9.10. The molecule has 0 spiro atoms. The molecule has 0 saturated carbocycles. The Hall–Kier alpha value is -3.92. The van der Waals surface area contributed by atoms with Crippen LogP contribution in [0, 0.1) is 6.92 Å². The van der Waals surface area contributed by atoms with Crippen molar-refractivity contribution in [3.05, 3.63) is 95.8 Å². The molecule has 0 aliphatic rings. The third-order valence-electron chi connectivity index (χ3n) is 5.33. The molecule has 0 aliphatic carbocycles. The summed E-state index contributed by atoms with van der Waals surface area (Å²) in [6, 6.07) is 15.8. The van der Waals surface area contributed by atoms with Crippen molar-refractivity contribution in [2.75, 3.05) is 5.32 Å². The number of aryl methyl sites for hydroxylation is 1. The van der Waals surface area contributed by atoms with Gasteiger partial charge in [0.05, 0.1) is 11.2 Å². The number of pyridine rings is 1. The third kappa shape index (κ3) is 3.89. The fourth-order valence-corrected chi connectivity index (χ4v) is 4.03. The molecule has 0 atom stereocenters. The molecule has 0 aliphatic heterocycles. The summed E-state index contributed by atoms with van der Waals surface area (Å²) < 4.78 is 4.23. The second kappa shape index (κ2) is 8.55. The SMILES string of the molecule is Cc1c(=O)n(C)c(Nc2ccc(Br)cc2)c2c(=O)n(CC(N)=O)c(=O)n(-c3ccccc3)c12. The lowest BCUT2D eigenvalue weighted by Gasteiger charge is -2.20. The van der Waals surface area contributed by atoms with Gasteiger partial charge in [0.1, 0.15) is 17.7 Å². The number of carbonyl (C=O) groups is 1. The molecule has 4 aromatic rings. The molecule has 168 valence electrons. The molecule has 4 rings (SSSR count). The van der Waals surface area contributed by atoms with Gasteiger partial charge in [-0.3, -0.25) is 23.5 Å². The summed E-state index contributed by atoms with van der Waals surface area (Å²) in [4.78, 5) is 51.7. The highest BCUT2D eigenvalue weighted by atomic mass is 79.9. The smallest absolute Gasteiger partial charge is 0.336 e. The Morgan fingerprint density at radius 1 is 1.00 bits per heavy atom. The van der Waals surface area contributed by atoms with Gasteiger partial charge in [-0.1, -0.05) is 34.1 Å². The number of anilines is 2. The Bertz CT molecular complexity index is 1570. The second-order valence-electron chi connectivity index (χ2n) is 7.50. The highest BCUT2D eigenvalue weighted by Gasteiger charge is 2.23. The number of hydrogen-bond donors (Lipinski definition) is 2. The standard InChI is InChI=1S/C23H20BrN5O4/c1-13-19-18(20(27(2)21(13)31)26-15-10-8-14(24)9-11-15)22(32)28(12-17(25)30)23(33)29(19)16-6-4-3-5-7-16/h3-11,26H,12H2,1-2H3,(H2,25,30). The highest BCUT2D eigenvalue weighted by Crippen LogP contribution is 2.26. The van der Waals surface area contributed by atoms with E-state index in [-0.39, 0.29) is 27.8 Å². The molecule has 1 amide bonds. The van der Waals surface area contributed by atoms with Crippen molar-refractivity contribution in [1.82, 2.24) is 13.7 Å². The molecule has 10 heteroatoms. The normalized spacial score (nSPS) is 11.0. The summed E-state index contributed by atoms with van der Waals surface area (Å²) in [7, 11) is 1.53. The average Bonchev–Trinajstić information content (AvgIpc) is 2.80. The minimum atomic E-state index is -0.836.